The van der Waals surface area contributed by atoms with Crippen LogP contribution in [0.4, 0.5) is 0 Å². The molecule has 1 unspecified atom stereocenters. The average molecular weight is 316 g/mol. The van der Waals surface area contributed by atoms with E-state index in [0.717, 1.165) is 6.54 Å². The summed E-state index contributed by atoms with van der Waals surface area (Å²) in [6.45, 7) is 6.05. The Hall–Kier alpha value is -0.960. The third-order valence-corrected chi connectivity index (χ3v) is 4.74. The number of nitrogens with one attached hydrogen (secondary N) is 2. The van der Waals surface area contributed by atoms with Crippen LogP contribution >= 0.6 is 0 Å². The SMILES string of the molecule is CCOCC(C)NS(=O)(=O)c1cnn(CCNC2CC2)c1. The van der Waals surface area contributed by atoms with Gasteiger partial charge in [-0.2, -0.15) is 5.10 Å². The first kappa shape index (κ1) is 16.4. The first-order valence-electron chi connectivity index (χ1n) is 7.37. The van der Waals surface area contributed by atoms with Crippen LogP contribution in [-0.2, 0) is 21.3 Å². The molecule has 21 heavy (non-hydrogen) atoms. The predicted molar refractivity (Wildman–Crippen MR) is 79.5 cm³/mol. The van der Waals surface area contributed by atoms with Gasteiger partial charge in [-0.1, -0.05) is 0 Å². The van der Waals surface area contributed by atoms with Gasteiger partial charge in [0.25, 0.3) is 0 Å². The lowest BCUT2D eigenvalue weighted by atomic mass is 10.4. The van der Waals surface area contributed by atoms with Crippen LogP contribution in [0.15, 0.2) is 17.3 Å². The minimum absolute atomic E-state index is 0.192. The van der Waals surface area contributed by atoms with Crippen LogP contribution < -0.4 is 10.0 Å². The molecular weight excluding hydrogens is 292 g/mol. The predicted octanol–water partition coefficient (Wildman–Crippen LogP) is 0.338. The zero-order chi connectivity index (χ0) is 15.3. The molecule has 0 amide bonds. The minimum Gasteiger partial charge on any atom is -0.380 e. The highest BCUT2D eigenvalue weighted by molar-refractivity contribution is 7.89. The Morgan fingerprint density at radius 3 is 2.95 bits per heavy atom. The molecule has 1 saturated carbocycles. The fraction of sp³-hybridized carbons (Fsp3) is 0.769. The second-order valence-electron chi connectivity index (χ2n) is 5.35. The molecule has 0 saturated heterocycles. The van der Waals surface area contributed by atoms with Gasteiger partial charge in [0.15, 0.2) is 0 Å². The third-order valence-electron chi connectivity index (χ3n) is 3.20. The van der Waals surface area contributed by atoms with Gasteiger partial charge in [-0.25, -0.2) is 13.1 Å². The second kappa shape index (κ2) is 7.35. The summed E-state index contributed by atoms with van der Waals surface area (Å²) in [5, 5.41) is 7.46. The summed E-state index contributed by atoms with van der Waals surface area (Å²) < 4.78 is 33.8. The number of aromatic nitrogens is 2. The highest BCUT2D eigenvalue weighted by Crippen LogP contribution is 2.18. The molecule has 0 bridgehead atoms. The number of nitrogens with zero attached hydrogens (tertiary/aromatic N) is 2. The van der Waals surface area contributed by atoms with Crippen LogP contribution in [0.5, 0.6) is 0 Å². The van der Waals surface area contributed by atoms with Crippen LogP contribution in [0, 0.1) is 0 Å². The van der Waals surface area contributed by atoms with Gasteiger partial charge in [-0.05, 0) is 26.7 Å². The molecule has 1 aliphatic carbocycles. The molecule has 7 nitrogen and oxygen atoms in total. The van der Waals surface area contributed by atoms with Gasteiger partial charge in [0.1, 0.15) is 4.90 Å². The summed E-state index contributed by atoms with van der Waals surface area (Å²) in [7, 11) is -3.53. The normalized spacial score (nSPS) is 17.0. The highest BCUT2D eigenvalue weighted by Gasteiger charge is 2.21. The first-order chi connectivity index (χ1) is 10.0. The van der Waals surface area contributed by atoms with E-state index in [-0.39, 0.29) is 10.9 Å². The minimum atomic E-state index is -3.53. The zero-order valence-electron chi connectivity index (χ0n) is 12.6. The van der Waals surface area contributed by atoms with Crippen LogP contribution in [0.25, 0.3) is 0 Å². The fourth-order valence-corrected chi connectivity index (χ4v) is 3.12. The number of sulfonamides is 1. The van der Waals surface area contributed by atoms with Gasteiger partial charge >= 0.3 is 0 Å². The lowest BCUT2D eigenvalue weighted by Crippen LogP contribution is -2.35. The number of rotatable bonds is 10. The Labute approximate surface area is 126 Å². The number of hydrogen-bond donors (Lipinski definition) is 2. The summed E-state index contributed by atoms with van der Waals surface area (Å²) in [5.74, 6) is 0. The second-order valence-corrected chi connectivity index (χ2v) is 7.06. The van der Waals surface area contributed by atoms with Crippen molar-refractivity contribution in [2.45, 2.75) is 50.2 Å². The standard InChI is InChI=1S/C13H24N4O3S/c1-3-20-10-11(2)16-21(18,19)13-8-15-17(9-13)7-6-14-12-4-5-12/h8-9,11-12,14,16H,3-7,10H2,1-2H3. The Bertz CT molecular complexity index is 539. The van der Waals surface area contributed by atoms with Crippen LogP contribution in [0.3, 0.4) is 0 Å². The molecule has 1 heterocycles. The van der Waals surface area contributed by atoms with E-state index in [9.17, 15) is 8.42 Å². The highest BCUT2D eigenvalue weighted by atomic mass is 32.2. The lowest BCUT2D eigenvalue weighted by molar-refractivity contribution is 0.133. The molecular formula is C13H24N4O3S. The van der Waals surface area contributed by atoms with Crippen molar-refractivity contribution in [2.75, 3.05) is 19.8 Å². The monoisotopic (exact) mass is 316 g/mol. The molecule has 1 atom stereocenters. The van der Waals surface area contributed by atoms with Crippen LogP contribution in [0.2, 0.25) is 0 Å². The smallest absolute Gasteiger partial charge is 0.244 e. The maximum absolute atomic E-state index is 12.2. The molecule has 2 rings (SSSR count). The molecule has 0 aliphatic heterocycles. The van der Waals surface area contributed by atoms with E-state index in [0.29, 0.717) is 25.8 Å². The molecule has 1 aromatic rings. The largest absolute Gasteiger partial charge is 0.380 e. The van der Waals surface area contributed by atoms with Crippen molar-refractivity contribution in [3.63, 3.8) is 0 Å². The Morgan fingerprint density at radius 1 is 1.52 bits per heavy atom. The van der Waals surface area contributed by atoms with Gasteiger partial charge in [-0.15, -0.1) is 0 Å². The van der Waals surface area contributed by atoms with E-state index in [1.165, 1.54) is 19.0 Å². The van der Waals surface area contributed by atoms with E-state index in [1.54, 1.807) is 17.8 Å². The molecule has 1 fully saturated rings. The summed E-state index contributed by atoms with van der Waals surface area (Å²) in [5.41, 5.74) is 0. The molecule has 8 heteroatoms. The van der Waals surface area contributed by atoms with Crippen molar-refractivity contribution < 1.29 is 13.2 Å². The van der Waals surface area contributed by atoms with Gasteiger partial charge < -0.3 is 10.1 Å². The summed E-state index contributed by atoms with van der Waals surface area (Å²) in [4.78, 5) is 0.192. The van der Waals surface area contributed by atoms with Gasteiger partial charge in [0.05, 0.1) is 19.3 Å². The summed E-state index contributed by atoms with van der Waals surface area (Å²) in [6, 6.07) is 0.375. The lowest BCUT2D eigenvalue weighted by Gasteiger charge is -2.12. The molecule has 1 aliphatic rings. The summed E-state index contributed by atoms with van der Waals surface area (Å²) >= 11 is 0. The maximum Gasteiger partial charge on any atom is 0.244 e. The number of hydrogen-bond acceptors (Lipinski definition) is 5. The average Bonchev–Trinajstić information content (AvgIpc) is 3.11. The molecule has 120 valence electrons. The Morgan fingerprint density at radius 2 is 2.29 bits per heavy atom. The molecule has 1 aromatic heterocycles. The summed E-state index contributed by atoms with van der Waals surface area (Å²) in [6.07, 6.45) is 5.41. The van der Waals surface area contributed by atoms with E-state index in [4.69, 9.17) is 4.74 Å². The van der Waals surface area contributed by atoms with Crippen molar-refractivity contribution in [1.82, 2.24) is 19.8 Å². The zero-order valence-corrected chi connectivity index (χ0v) is 13.4. The van der Waals surface area contributed by atoms with Crippen molar-refractivity contribution in [2.24, 2.45) is 0 Å². The van der Waals surface area contributed by atoms with E-state index < -0.39 is 10.0 Å². The Balaban J connectivity index is 1.85. The third kappa shape index (κ3) is 5.39. The van der Waals surface area contributed by atoms with E-state index >= 15 is 0 Å². The molecule has 0 spiro atoms. The molecule has 0 aromatic carbocycles. The van der Waals surface area contributed by atoms with Crippen molar-refractivity contribution in [3.8, 4) is 0 Å². The van der Waals surface area contributed by atoms with Crippen LogP contribution in [-0.4, -0.2) is 50.0 Å². The molecule has 0 radical (unpaired) electrons. The number of ether oxygens (including phenoxy) is 1. The fourth-order valence-electron chi connectivity index (χ4n) is 1.94. The van der Waals surface area contributed by atoms with E-state index in [1.807, 2.05) is 6.92 Å². The van der Waals surface area contributed by atoms with Crippen LogP contribution in [0.1, 0.15) is 26.7 Å². The topological polar surface area (TPSA) is 85.2 Å². The van der Waals surface area contributed by atoms with Gasteiger partial charge in [0.2, 0.25) is 10.0 Å². The van der Waals surface area contributed by atoms with Gasteiger partial charge in [0, 0.05) is 31.4 Å². The van der Waals surface area contributed by atoms with Gasteiger partial charge in [-0.3, -0.25) is 4.68 Å². The Kier molecular flexibility index (Phi) is 5.74. The molecule has 2 N–H and O–H groups in total. The van der Waals surface area contributed by atoms with Crippen molar-refractivity contribution in [3.05, 3.63) is 12.4 Å². The maximum atomic E-state index is 12.2. The van der Waals surface area contributed by atoms with Crippen molar-refractivity contribution in [1.29, 1.82) is 0 Å². The van der Waals surface area contributed by atoms with Crippen molar-refractivity contribution >= 4 is 10.0 Å². The quantitative estimate of drug-likeness (QED) is 0.650. The first-order valence-corrected chi connectivity index (χ1v) is 8.85. The van der Waals surface area contributed by atoms with E-state index in [2.05, 4.69) is 15.1 Å².